The Labute approximate surface area is 162 Å². The summed E-state index contributed by atoms with van der Waals surface area (Å²) in [6, 6.07) is 26.4. The van der Waals surface area contributed by atoms with Crippen LogP contribution in [-0.2, 0) is 0 Å². The SMILES string of the molecule is c1cc(Nc2ccc(-c3ccncn3)cc2)cc(-c2nc3ccccc3[nH]2)c1. The Morgan fingerprint density at radius 1 is 0.750 bits per heavy atom. The number of fused-ring (bicyclic) bond motifs is 1. The van der Waals surface area contributed by atoms with Crippen LogP contribution in [0.15, 0.2) is 91.4 Å². The summed E-state index contributed by atoms with van der Waals surface area (Å²) >= 11 is 0. The van der Waals surface area contributed by atoms with Crippen LogP contribution in [0.1, 0.15) is 0 Å². The van der Waals surface area contributed by atoms with E-state index in [2.05, 4.69) is 37.4 Å². The van der Waals surface area contributed by atoms with Crippen molar-refractivity contribution in [2.45, 2.75) is 0 Å². The Balaban J connectivity index is 1.39. The van der Waals surface area contributed by atoms with Crippen molar-refractivity contribution >= 4 is 22.4 Å². The van der Waals surface area contributed by atoms with E-state index in [0.717, 1.165) is 45.1 Å². The van der Waals surface area contributed by atoms with Gasteiger partial charge in [-0.05, 0) is 42.5 Å². The van der Waals surface area contributed by atoms with Gasteiger partial charge in [-0.3, -0.25) is 0 Å². The van der Waals surface area contributed by atoms with Gasteiger partial charge in [0.05, 0.1) is 16.7 Å². The van der Waals surface area contributed by atoms with Crippen molar-refractivity contribution in [2.75, 3.05) is 5.32 Å². The normalized spacial score (nSPS) is 10.9. The molecule has 0 fully saturated rings. The molecule has 0 amide bonds. The van der Waals surface area contributed by atoms with Gasteiger partial charge in [0.1, 0.15) is 12.2 Å². The lowest BCUT2D eigenvalue weighted by Gasteiger charge is -2.09. The van der Waals surface area contributed by atoms with E-state index in [-0.39, 0.29) is 0 Å². The second-order valence-electron chi connectivity index (χ2n) is 6.48. The molecule has 5 nitrogen and oxygen atoms in total. The van der Waals surface area contributed by atoms with E-state index in [1.165, 1.54) is 0 Å². The average molecular weight is 363 g/mol. The molecule has 0 radical (unpaired) electrons. The summed E-state index contributed by atoms with van der Waals surface area (Å²) in [6.07, 6.45) is 3.31. The molecule has 0 saturated heterocycles. The summed E-state index contributed by atoms with van der Waals surface area (Å²) in [5.41, 5.74) is 7.04. The van der Waals surface area contributed by atoms with Crippen molar-refractivity contribution in [2.24, 2.45) is 0 Å². The zero-order valence-corrected chi connectivity index (χ0v) is 15.0. The molecule has 0 unspecified atom stereocenters. The number of H-pyrrole nitrogens is 1. The Hall–Kier alpha value is -3.99. The number of aromatic amines is 1. The first kappa shape index (κ1) is 16.2. The zero-order valence-electron chi connectivity index (χ0n) is 15.0. The third-order valence-corrected chi connectivity index (χ3v) is 4.58. The number of imidazole rings is 1. The fourth-order valence-electron chi connectivity index (χ4n) is 3.19. The van der Waals surface area contributed by atoms with E-state index in [1.807, 2.05) is 66.7 Å². The highest BCUT2D eigenvalue weighted by atomic mass is 14.9. The quantitative estimate of drug-likeness (QED) is 0.447. The Kier molecular flexibility index (Phi) is 4.03. The number of nitrogens with one attached hydrogen (secondary N) is 2. The fourth-order valence-corrected chi connectivity index (χ4v) is 3.19. The van der Waals surface area contributed by atoms with Crippen molar-refractivity contribution in [3.8, 4) is 22.6 Å². The number of hydrogen-bond acceptors (Lipinski definition) is 4. The molecule has 2 N–H and O–H groups in total. The third kappa shape index (κ3) is 3.21. The van der Waals surface area contributed by atoms with Crippen molar-refractivity contribution in [3.05, 3.63) is 91.4 Å². The van der Waals surface area contributed by atoms with Crippen LogP contribution in [0.3, 0.4) is 0 Å². The molecular weight excluding hydrogens is 346 g/mol. The molecule has 2 heterocycles. The molecule has 134 valence electrons. The predicted octanol–water partition coefficient (Wildman–Crippen LogP) is 5.43. The van der Waals surface area contributed by atoms with Crippen molar-refractivity contribution < 1.29 is 0 Å². The van der Waals surface area contributed by atoms with Crippen molar-refractivity contribution in [3.63, 3.8) is 0 Å². The molecule has 0 aliphatic heterocycles. The Bertz CT molecular complexity index is 1190. The topological polar surface area (TPSA) is 66.5 Å². The van der Waals surface area contributed by atoms with Gasteiger partial charge in [0.15, 0.2) is 0 Å². The van der Waals surface area contributed by atoms with Gasteiger partial charge in [-0.15, -0.1) is 0 Å². The van der Waals surface area contributed by atoms with E-state index >= 15 is 0 Å². The molecule has 5 aromatic rings. The van der Waals surface area contributed by atoms with Crippen LogP contribution < -0.4 is 5.32 Å². The fraction of sp³-hybridized carbons (Fsp3) is 0. The molecule has 5 rings (SSSR count). The van der Waals surface area contributed by atoms with Crippen LogP contribution in [0.5, 0.6) is 0 Å². The largest absolute Gasteiger partial charge is 0.356 e. The first-order chi connectivity index (χ1) is 13.8. The van der Waals surface area contributed by atoms with Gasteiger partial charge < -0.3 is 10.3 Å². The van der Waals surface area contributed by atoms with Crippen LogP contribution in [0.2, 0.25) is 0 Å². The minimum atomic E-state index is 0.865. The molecular formula is C23H17N5. The second-order valence-corrected chi connectivity index (χ2v) is 6.48. The highest BCUT2D eigenvalue weighted by Crippen LogP contribution is 2.26. The monoisotopic (exact) mass is 363 g/mol. The minimum absolute atomic E-state index is 0.865. The lowest BCUT2D eigenvalue weighted by atomic mass is 10.1. The molecule has 0 atom stereocenters. The molecule has 0 saturated carbocycles. The van der Waals surface area contributed by atoms with Gasteiger partial charge in [-0.25, -0.2) is 15.0 Å². The summed E-state index contributed by atoms with van der Waals surface area (Å²) in [7, 11) is 0. The summed E-state index contributed by atoms with van der Waals surface area (Å²) < 4.78 is 0. The molecule has 0 spiro atoms. The predicted molar refractivity (Wildman–Crippen MR) is 112 cm³/mol. The number of aromatic nitrogens is 4. The van der Waals surface area contributed by atoms with Gasteiger partial charge in [0.25, 0.3) is 0 Å². The second kappa shape index (κ2) is 6.96. The van der Waals surface area contributed by atoms with E-state index < -0.39 is 0 Å². The van der Waals surface area contributed by atoms with E-state index in [9.17, 15) is 0 Å². The smallest absolute Gasteiger partial charge is 0.138 e. The average Bonchev–Trinajstić information content (AvgIpc) is 3.20. The minimum Gasteiger partial charge on any atom is -0.356 e. The highest BCUT2D eigenvalue weighted by Gasteiger charge is 2.06. The standard InChI is InChI=1S/C23H17N5/c1-2-7-22-21(6-1)27-23(28-22)17-4-3-5-19(14-17)26-18-10-8-16(9-11-18)20-12-13-24-15-25-20/h1-15,26H,(H,27,28). The molecule has 0 aliphatic carbocycles. The maximum Gasteiger partial charge on any atom is 0.138 e. The number of para-hydroxylation sites is 2. The van der Waals surface area contributed by atoms with Gasteiger partial charge in [0.2, 0.25) is 0 Å². The van der Waals surface area contributed by atoms with E-state index in [0.29, 0.717) is 0 Å². The first-order valence-electron chi connectivity index (χ1n) is 9.04. The molecule has 3 aromatic carbocycles. The summed E-state index contributed by atoms with van der Waals surface area (Å²) in [5.74, 6) is 0.865. The van der Waals surface area contributed by atoms with Gasteiger partial charge in [0, 0.05) is 28.7 Å². The molecule has 5 heteroatoms. The van der Waals surface area contributed by atoms with E-state index in [1.54, 1.807) is 12.5 Å². The zero-order chi connectivity index (χ0) is 18.8. The molecule has 28 heavy (non-hydrogen) atoms. The number of nitrogens with zero attached hydrogens (tertiary/aromatic N) is 3. The van der Waals surface area contributed by atoms with Crippen LogP contribution in [0.4, 0.5) is 11.4 Å². The van der Waals surface area contributed by atoms with Crippen LogP contribution >= 0.6 is 0 Å². The van der Waals surface area contributed by atoms with Gasteiger partial charge in [-0.2, -0.15) is 0 Å². The summed E-state index contributed by atoms with van der Waals surface area (Å²) in [6.45, 7) is 0. The summed E-state index contributed by atoms with van der Waals surface area (Å²) in [4.78, 5) is 16.3. The van der Waals surface area contributed by atoms with Crippen LogP contribution in [0, 0.1) is 0 Å². The van der Waals surface area contributed by atoms with Crippen molar-refractivity contribution in [1.29, 1.82) is 0 Å². The third-order valence-electron chi connectivity index (χ3n) is 4.58. The Morgan fingerprint density at radius 3 is 2.46 bits per heavy atom. The lowest BCUT2D eigenvalue weighted by Crippen LogP contribution is -1.91. The highest BCUT2D eigenvalue weighted by molar-refractivity contribution is 5.80. The maximum absolute atomic E-state index is 4.68. The maximum atomic E-state index is 4.68. The first-order valence-corrected chi connectivity index (χ1v) is 9.04. The number of rotatable bonds is 4. The number of hydrogen-bond donors (Lipinski definition) is 2. The number of anilines is 2. The number of benzene rings is 3. The lowest BCUT2D eigenvalue weighted by molar-refractivity contribution is 1.17. The van der Waals surface area contributed by atoms with E-state index in [4.69, 9.17) is 0 Å². The molecule has 0 bridgehead atoms. The summed E-state index contributed by atoms with van der Waals surface area (Å²) in [5, 5.41) is 3.45. The van der Waals surface area contributed by atoms with Gasteiger partial charge in [-0.1, -0.05) is 36.4 Å². The van der Waals surface area contributed by atoms with Crippen molar-refractivity contribution in [1.82, 2.24) is 19.9 Å². The van der Waals surface area contributed by atoms with Crippen LogP contribution in [0.25, 0.3) is 33.7 Å². The Morgan fingerprint density at radius 2 is 1.64 bits per heavy atom. The van der Waals surface area contributed by atoms with Gasteiger partial charge >= 0.3 is 0 Å². The molecule has 2 aromatic heterocycles. The van der Waals surface area contributed by atoms with Crippen LogP contribution in [-0.4, -0.2) is 19.9 Å². The molecule has 0 aliphatic rings.